The molecule has 1 aliphatic rings. The van der Waals surface area contributed by atoms with Gasteiger partial charge in [0.1, 0.15) is 23.2 Å². The Morgan fingerprint density at radius 2 is 1.97 bits per heavy atom. The summed E-state index contributed by atoms with van der Waals surface area (Å²) in [5, 5.41) is 28.9. The molecule has 0 radical (unpaired) electrons. The van der Waals surface area contributed by atoms with E-state index in [1.807, 2.05) is 6.07 Å². The van der Waals surface area contributed by atoms with Crippen LogP contribution >= 0.6 is 0 Å². The third kappa shape index (κ3) is 3.65. The van der Waals surface area contributed by atoms with Crippen LogP contribution in [0, 0.1) is 24.1 Å². The third-order valence-corrected chi connectivity index (χ3v) is 5.54. The zero-order valence-electron chi connectivity index (χ0n) is 17.2. The summed E-state index contributed by atoms with van der Waals surface area (Å²) in [5.74, 6) is -1.71. The molecule has 1 aliphatic heterocycles. The lowest BCUT2D eigenvalue weighted by Crippen LogP contribution is -2.33. The fourth-order valence-corrected chi connectivity index (χ4v) is 3.95. The van der Waals surface area contributed by atoms with E-state index in [1.54, 1.807) is 25.1 Å². The quantitative estimate of drug-likeness (QED) is 0.544. The number of aromatic hydroxyl groups is 2. The van der Waals surface area contributed by atoms with Gasteiger partial charge in [-0.15, -0.1) is 0 Å². The number of hydrogen-bond acceptors (Lipinski definition) is 6. The normalized spacial score (nSPS) is 15.1. The van der Waals surface area contributed by atoms with E-state index < -0.39 is 11.7 Å². The molecule has 0 saturated heterocycles. The number of halogens is 1. The maximum Gasteiger partial charge on any atom is 0.258 e. The molecule has 2 heterocycles. The number of pyridine rings is 1. The summed E-state index contributed by atoms with van der Waals surface area (Å²) >= 11 is 0. The van der Waals surface area contributed by atoms with Crippen LogP contribution in [0.3, 0.4) is 0 Å². The van der Waals surface area contributed by atoms with Gasteiger partial charge in [-0.1, -0.05) is 18.2 Å². The minimum absolute atomic E-state index is 0.0408. The molecular weight excluding hydrogens is 413 g/mol. The van der Waals surface area contributed by atoms with E-state index in [-0.39, 0.29) is 46.4 Å². The molecule has 32 heavy (non-hydrogen) atoms. The van der Waals surface area contributed by atoms with Crippen molar-refractivity contribution in [3.63, 3.8) is 0 Å². The number of aromatic nitrogens is 1. The van der Waals surface area contributed by atoms with Crippen molar-refractivity contribution in [3.8, 4) is 23.3 Å². The summed E-state index contributed by atoms with van der Waals surface area (Å²) in [4.78, 5) is 13.5. The van der Waals surface area contributed by atoms with Gasteiger partial charge >= 0.3 is 0 Å². The molecule has 4 N–H and O–H groups in total. The minimum Gasteiger partial charge on any atom is -0.504 e. The average molecular weight is 433 g/mol. The Labute approximate surface area is 183 Å². The van der Waals surface area contributed by atoms with Crippen molar-refractivity contribution in [1.82, 2.24) is 4.57 Å². The number of rotatable bonds is 4. The molecule has 0 saturated carbocycles. The third-order valence-electron chi connectivity index (χ3n) is 5.54. The number of nitrogens with zero attached hydrogens (tertiary/aromatic N) is 2. The van der Waals surface area contributed by atoms with E-state index >= 15 is 0 Å². The van der Waals surface area contributed by atoms with Crippen LogP contribution in [-0.4, -0.2) is 14.8 Å². The lowest BCUT2D eigenvalue weighted by molar-refractivity contribution is 0.388. The minimum atomic E-state index is -0.864. The number of allylic oxidation sites excluding steroid dienone is 1. The van der Waals surface area contributed by atoms with Crippen molar-refractivity contribution < 1.29 is 19.3 Å². The zero-order chi connectivity index (χ0) is 23.0. The van der Waals surface area contributed by atoms with Crippen LogP contribution in [0.4, 0.5) is 4.39 Å². The highest BCUT2D eigenvalue weighted by atomic mass is 19.1. The maximum atomic E-state index is 14.0. The molecule has 0 spiro atoms. The first kappa shape index (κ1) is 21.0. The fourth-order valence-electron chi connectivity index (χ4n) is 3.95. The topological polar surface area (TPSA) is 122 Å². The number of aryl methyl sites for hydroxylation is 2. The van der Waals surface area contributed by atoms with Gasteiger partial charge in [0.05, 0.1) is 11.5 Å². The number of hydrogen-bond donors (Lipinski definition) is 3. The van der Waals surface area contributed by atoms with Crippen LogP contribution in [0.5, 0.6) is 17.2 Å². The molecule has 0 amide bonds. The first-order valence-electron chi connectivity index (χ1n) is 9.88. The van der Waals surface area contributed by atoms with Gasteiger partial charge < -0.3 is 25.3 Å². The SMILES string of the molecule is Cc1cc2c(c(=O)n1CCc1ccc(O)c(O)c1)[C@@H](c1cccc(F)c1)C(C#N)=C(N)O2. The Kier molecular flexibility index (Phi) is 5.33. The summed E-state index contributed by atoms with van der Waals surface area (Å²) in [5.41, 5.74) is 7.59. The molecule has 4 rings (SSSR count). The smallest absolute Gasteiger partial charge is 0.258 e. The molecule has 8 heteroatoms. The molecule has 162 valence electrons. The molecule has 7 nitrogen and oxygen atoms in total. The van der Waals surface area contributed by atoms with Gasteiger partial charge in [0.2, 0.25) is 5.88 Å². The number of ether oxygens (including phenoxy) is 1. The highest BCUT2D eigenvalue weighted by Gasteiger charge is 2.34. The van der Waals surface area contributed by atoms with Gasteiger partial charge in [-0.05, 0) is 48.7 Å². The number of benzene rings is 2. The Bertz CT molecular complexity index is 1350. The molecule has 0 bridgehead atoms. The van der Waals surface area contributed by atoms with E-state index in [1.165, 1.54) is 34.9 Å². The lowest BCUT2D eigenvalue weighted by Gasteiger charge is -2.27. The van der Waals surface area contributed by atoms with Crippen molar-refractivity contribution in [1.29, 1.82) is 5.26 Å². The molecule has 0 aliphatic carbocycles. The second-order valence-corrected chi connectivity index (χ2v) is 7.57. The maximum absolute atomic E-state index is 14.0. The van der Waals surface area contributed by atoms with Gasteiger partial charge in [-0.25, -0.2) is 4.39 Å². The van der Waals surface area contributed by atoms with E-state index in [2.05, 4.69) is 0 Å². The van der Waals surface area contributed by atoms with Gasteiger partial charge in [0.25, 0.3) is 5.56 Å². The first-order chi connectivity index (χ1) is 15.3. The number of phenols is 2. The predicted octanol–water partition coefficient (Wildman–Crippen LogP) is 3.17. The van der Waals surface area contributed by atoms with E-state index in [0.717, 1.165) is 5.56 Å². The van der Waals surface area contributed by atoms with Crippen molar-refractivity contribution in [2.75, 3.05) is 0 Å². The summed E-state index contributed by atoms with van der Waals surface area (Å²) in [6, 6.07) is 13.8. The van der Waals surface area contributed by atoms with Crippen molar-refractivity contribution >= 4 is 0 Å². The molecule has 0 unspecified atom stereocenters. The summed E-state index contributed by atoms with van der Waals surface area (Å²) in [6.07, 6.45) is 0.405. The summed E-state index contributed by atoms with van der Waals surface area (Å²) in [6.45, 7) is 2.02. The van der Waals surface area contributed by atoms with Crippen LogP contribution in [0.1, 0.15) is 28.3 Å². The van der Waals surface area contributed by atoms with E-state index in [9.17, 15) is 24.7 Å². The van der Waals surface area contributed by atoms with Gasteiger partial charge in [-0.3, -0.25) is 4.79 Å². The van der Waals surface area contributed by atoms with Crippen molar-refractivity contribution in [3.05, 3.63) is 98.5 Å². The van der Waals surface area contributed by atoms with Gasteiger partial charge in [0.15, 0.2) is 11.5 Å². The number of phenolic OH excluding ortho intramolecular Hbond substituents is 2. The monoisotopic (exact) mass is 433 g/mol. The van der Waals surface area contributed by atoms with Crippen LogP contribution in [0.25, 0.3) is 0 Å². The van der Waals surface area contributed by atoms with Gasteiger partial charge in [0, 0.05) is 18.3 Å². The molecule has 1 atom stereocenters. The van der Waals surface area contributed by atoms with Crippen molar-refractivity contribution in [2.24, 2.45) is 5.73 Å². The first-order valence-corrected chi connectivity index (χ1v) is 9.88. The Morgan fingerprint density at radius 1 is 1.19 bits per heavy atom. The van der Waals surface area contributed by atoms with E-state index in [0.29, 0.717) is 17.7 Å². The molecule has 2 aromatic carbocycles. The molecular formula is C24H20FN3O4. The summed E-state index contributed by atoms with van der Waals surface area (Å²) < 4.78 is 21.1. The number of nitriles is 1. The van der Waals surface area contributed by atoms with E-state index in [4.69, 9.17) is 10.5 Å². The number of fused-ring (bicyclic) bond motifs is 1. The second kappa shape index (κ2) is 8.12. The zero-order valence-corrected chi connectivity index (χ0v) is 17.2. The summed E-state index contributed by atoms with van der Waals surface area (Å²) in [7, 11) is 0. The van der Waals surface area contributed by atoms with Crippen LogP contribution in [-0.2, 0) is 13.0 Å². The Balaban J connectivity index is 1.81. The van der Waals surface area contributed by atoms with Gasteiger partial charge in [-0.2, -0.15) is 5.26 Å². The second-order valence-electron chi connectivity index (χ2n) is 7.57. The standard InChI is InChI=1S/C24H20FN3O4/c1-13-9-20-22(24(31)28(13)8-7-14-5-6-18(29)19(30)10-14)21(17(12-26)23(27)32-20)15-3-2-4-16(25)11-15/h2-6,9-11,21,29-30H,7-8,27H2,1H3/t21-/m0/s1. The largest absolute Gasteiger partial charge is 0.504 e. The Hall–Kier alpha value is -4.25. The highest BCUT2D eigenvalue weighted by molar-refractivity contribution is 5.55. The highest BCUT2D eigenvalue weighted by Crippen LogP contribution is 2.40. The van der Waals surface area contributed by atoms with Crippen LogP contribution in [0.2, 0.25) is 0 Å². The number of nitrogens with two attached hydrogens (primary N) is 1. The average Bonchev–Trinajstić information content (AvgIpc) is 2.75. The molecule has 1 aromatic heterocycles. The molecule has 0 fully saturated rings. The molecule has 3 aromatic rings. The Morgan fingerprint density at radius 3 is 2.66 bits per heavy atom. The lowest BCUT2D eigenvalue weighted by atomic mass is 9.84. The van der Waals surface area contributed by atoms with Crippen LogP contribution < -0.4 is 16.0 Å². The van der Waals surface area contributed by atoms with Crippen molar-refractivity contribution in [2.45, 2.75) is 25.8 Å². The fraction of sp³-hybridized carbons (Fsp3) is 0.167. The van der Waals surface area contributed by atoms with Crippen LogP contribution in [0.15, 0.2) is 64.8 Å². The predicted molar refractivity (Wildman–Crippen MR) is 115 cm³/mol.